The van der Waals surface area contributed by atoms with Crippen molar-refractivity contribution < 1.29 is 13.0 Å². The molecule has 0 aliphatic carbocycles. The molecule has 0 aromatic carbocycles. The Balaban J connectivity index is 2.87. The van der Waals surface area contributed by atoms with Crippen molar-refractivity contribution in [3.8, 4) is 0 Å². The third-order valence-electron chi connectivity index (χ3n) is 1.69. The molecule has 0 spiro atoms. The van der Waals surface area contributed by atoms with Crippen LogP contribution < -0.4 is 0 Å². The van der Waals surface area contributed by atoms with Gasteiger partial charge >= 0.3 is 0 Å². The van der Waals surface area contributed by atoms with Gasteiger partial charge in [-0.3, -0.25) is 4.55 Å². The number of H-pyrrole nitrogens is 1. The van der Waals surface area contributed by atoms with Crippen molar-refractivity contribution in [1.82, 2.24) is 9.97 Å². The number of aromatic amines is 1. The predicted octanol–water partition coefficient (Wildman–Crippen LogP) is 0.810. The molecule has 0 aliphatic rings. The molecule has 0 atom stereocenters. The zero-order valence-electron chi connectivity index (χ0n) is 6.43. The second kappa shape index (κ2) is 2.54. The normalized spacial score (nSPS) is 12.1. The van der Waals surface area contributed by atoms with E-state index in [1.54, 1.807) is 12.1 Å². The Bertz CT molecular complexity index is 544. The standard InChI is InChI=1S/C7H6N2O3S/c10-13(11,12)6-4-9-7-5(6)2-1-3-8-7/h1-4H,(H,8,9)(H,10,11,12). The van der Waals surface area contributed by atoms with Crippen LogP contribution in [0.4, 0.5) is 0 Å². The van der Waals surface area contributed by atoms with Crippen LogP contribution in [0, 0.1) is 0 Å². The molecule has 0 fully saturated rings. The first-order valence-corrected chi connectivity index (χ1v) is 4.92. The summed E-state index contributed by atoms with van der Waals surface area (Å²) in [5, 5.41) is 0.394. The maximum Gasteiger partial charge on any atom is 0.296 e. The van der Waals surface area contributed by atoms with E-state index in [2.05, 4.69) is 9.97 Å². The molecule has 2 aromatic heterocycles. The average molecular weight is 198 g/mol. The second-order valence-corrected chi connectivity index (χ2v) is 3.92. The molecule has 2 rings (SSSR count). The average Bonchev–Trinajstić information content (AvgIpc) is 2.45. The van der Waals surface area contributed by atoms with Crippen LogP contribution in [0.15, 0.2) is 29.4 Å². The summed E-state index contributed by atoms with van der Waals surface area (Å²) >= 11 is 0. The largest absolute Gasteiger partial charge is 0.345 e. The van der Waals surface area contributed by atoms with Gasteiger partial charge in [-0.25, -0.2) is 4.98 Å². The highest BCUT2D eigenvalue weighted by atomic mass is 32.2. The topological polar surface area (TPSA) is 83.0 Å². The van der Waals surface area contributed by atoms with E-state index in [4.69, 9.17) is 4.55 Å². The Morgan fingerprint density at radius 3 is 2.92 bits per heavy atom. The summed E-state index contributed by atoms with van der Waals surface area (Å²) in [6.45, 7) is 0. The van der Waals surface area contributed by atoms with Gasteiger partial charge in [0.25, 0.3) is 10.1 Å². The van der Waals surface area contributed by atoms with Crippen LogP contribution in [0.3, 0.4) is 0 Å². The first-order valence-electron chi connectivity index (χ1n) is 3.48. The van der Waals surface area contributed by atoms with Crippen molar-refractivity contribution in [2.45, 2.75) is 4.90 Å². The van der Waals surface area contributed by atoms with Crippen LogP contribution in [0.5, 0.6) is 0 Å². The summed E-state index contributed by atoms with van der Waals surface area (Å²) in [5.41, 5.74) is 0.440. The third kappa shape index (κ3) is 1.30. The summed E-state index contributed by atoms with van der Waals surface area (Å²) in [6.07, 6.45) is 2.75. The molecule has 0 amide bonds. The number of nitrogens with one attached hydrogen (secondary N) is 1. The van der Waals surface area contributed by atoms with Crippen LogP contribution in [0.2, 0.25) is 0 Å². The quantitative estimate of drug-likeness (QED) is 0.664. The number of hydrogen-bond donors (Lipinski definition) is 2. The Morgan fingerprint density at radius 1 is 1.46 bits per heavy atom. The van der Waals surface area contributed by atoms with Gasteiger partial charge in [-0.1, -0.05) is 0 Å². The summed E-state index contributed by atoms with van der Waals surface area (Å²) in [5.74, 6) is 0. The van der Waals surface area contributed by atoms with Gasteiger partial charge in [0.15, 0.2) is 0 Å². The molecule has 0 saturated carbocycles. The van der Waals surface area contributed by atoms with Gasteiger partial charge in [0.2, 0.25) is 0 Å². The zero-order valence-corrected chi connectivity index (χ0v) is 7.25. The van der Waals surface area contributed by atoms with Gasteiger partial charge in [-0.2, -0.15) is 8.42 Å². The molecule has 0 unspecified atom stereocenters. The monoisotopic (exact) mass is 198 g/mol. The molecular weight excluding hydrogens is 192 g/mol. The van der Waals surface area contributed by atoms with Crippen LogP contribution in [-0.2, 0) is 10.1 Å². The maximum absolute atomic E-state index is 10.8. The fourth-order valence-electron chi connectivity index (χ4n) is 1.14. The first kappa shape index (κ1) is 8.21. The molecule has 6 heteroatoms. The first-order chi connectivity index (χ1) is 6.09. The van der Waals surface area contributed by atoms with Crippen molar-refractivity contribution in [3.05, 3.63) is 24.5 Å². The number of aromatic nitrogens is 2. The predicted molar refractivity (Wildman–Crippen MR) is 45.9 cm³/mol. The number of pyridine rings is 1. The van der Waals surface area contributed by atoms with Crippen LogP contribution >= 0.6 is 0 Å². The summed E-state index contributed by atoms with van der Waals surface area (Å²) < 4.78 is 30.4. The lowest BCUT2D eigenvalue weighted by molar-refractivity contribution is 0.484. The molecule has 2 aromatic rings. The van der Waals surface area contributed by atoms with E-state index < -0.39 is 10.1 Å². The van der Waals surface area contributed by atoms with E-state index in [0.29, 0.717) is 11.0 Å². The summed E-state index contributed by atoms with van der Waals surface area (Å²) in [6, 6.07) is 3.17. The Morgan fingerprint density at radius 2 is 2.23 bits per heavy atom. The van der Waals surface area contributed by atoms with E-state index in [1.807, 2.05) is 0 Å². The lowest BCUT2D eigenvalue weighted by Crippen LogP contribution is -1.95. The van der Waals surface area contributed by atoms with Gasteiger partial charge in [-0.05, 0) is 12.1 Å². The van der Waals surface area contributed by atoms with Gasteiger partial charge in [0, 0.05) is 17.8 Å². The number of hydrogen-bond acceptors (Lipinski definition) is 3. The van der Waals surface area contributed by atoms with E-state index in [-0.39, 0.29) is 4.90 Å². The minimum Gasteiger partial charge on any atom is -0.345 e. The van der Waals surface area contributed by atoms with Gasteiger partial charge < -0.3 is 4.98 Å². The SMILES string of the molecule is O=S(=O)(O)c1c[nH]c2ncccc12. The van der Waals surface area contributed by atoms with Gasteiger partial charge in [0.05, 0.1) is 0 Å². The number of rotatable bonds is 1. The molecule has 0 bridgehead atoms. The molecule has 68 valence electrons. The number of nitrogens with zero attached hydrogens (tertiary/aromatic N) is 1. The second-order valence-electron chi connectivity index (χ2n) is 2.53. The Kier molecular flexibility index (Phi) is 1.61. The lowest BCUT2D eigenvalue weighted by Gasteiger charge is -1.91. The number of fused-ring (bicyclic) bond motifs is 1. The van der Waals surface area contributed by atoms with Crippen LogP contribution in [0.1, 0.15) is 0 Å². The highest BCUT2D eigenvalue weighted by molar-refractivity contribution is 7.86. The minimum absolute atomic E-state index is 0.143. The fraction of sp³-hybridized carbons (Fsp3) is 0. The molecule has 2 heterocycles. The van der Waals surface area contributed by atoms with E-state index in [1.165, 1.54) is 12.4 Å². The molecule has 0 saturated heterocycles. The molecule has 0 radical (unpaired) electrons. The summed E-state index contributed by atoms with van der Waals surface area (Å²) in [7, 11) is -4.16. The molecule has 5 nitrogen and oxygen atoms in total. The van der Waals surface area contributed by atoms with Crippen molar-refractivity contribution in [3.63, 3.8) is 0 Å². The van der Waals surface area contributed by atoms with E-state index in [9.17, 15) is 8.42 Å². The zero-order chi connectivity index (χ0) is 9.47. The van der Waals surface area contributed by atoms with Crippen molar-refractivity contribution in [2.24, 2.45) is 0 Å². The Hall–Kier alpha value is -1.40. The maximum atomic E-state index is 10.8. The molecule has 0 aliphatic heterocycles. The fourth-order valence-corrected chi connectivity index (χ4v) is 1.79. The minimum atomic E-state index is -4.16. The Labute approximate surface area is 74.2 Å². The third-order valence-corrected chi connectivity index (χ3v) is 2.58. The van der Waals surface area contributed by atoms with Crippen LogP contribution in [0.25, 0.3) is 11.0 Å². The highest BCUT2D eigenvalue weighted by Gasteiger charge is 2.15. The van der Waals surface area contributed by atoms with Crippen molar-refractivity contribution in [1.29, 1.82) is 0 Å². The summed E-state index contributed by atoms with van der Waals surface area (Å²) in [4.78, 5) is 6.39. The molecule has 13 heavy (non-hydrogen) atoms. The molecule has 2 N–H and O–H groups in total. The van der Waals surface area contributed by atoms with Crippen molar-refractivity contribution >= 4 is 21.2 Å². The smallest absolute Gasteiger partial charge is 0.296 e. The van der Waals surface area contributed by atoms with Gasteiger partial charge in [0.1, 0.15) is 10.5 Å². The molecular formula is C7H6N2O3S. The lowest BCUT2D eigenvalue weighted by atomic mass is 10.3. The van der Waals surface area contributed by atoms with E-state index >= 15 is 0 Å². The van der Waals surface area contributed by atoms with Crippen molar-refractivity contribution in [2.75, 3.05) is 0 Å². The van der Waals surface area contributed by atoms with Crippen LogP contribution in [-0.4, -0.2) is 22.9 Å². The van der Waals surface area contributed by atoms with Gasteiger partial charge in [-0.15, -0.1) is 0 Å². The van der Waals surface area contributed by atoms with E-state index in [0.717, 1.165) is 0 Å². The highest BCUT2D eigenvalue weighted by Crippen LogP contribution is 2.19.